The predicted molar refractivity (Wildman–Crippen MR) is 73.5 cm³/mol. The average molecular weight is 260 g/mol. The standard InChI is InChI=1S/C15H20N2O2/c1-10-5-3-4-6-13(10)11(2)17-14(18)9-16-15(19)12-7-8-12/h3-6,11-12H,7-9H2,1-2H3,(H,16,19)(H,17,18)/t11-/m1/s1. The summed E-state index contributed by atoms with van der Waals surface area (Å²) in [6.07, 6.45) is 1.90. The minimum atomic E-state index is -0.148. The largest absolute Gasteiger partial charge is 0.348 e. The van der Waals surface area contributed by atoms with Crippen LogP contribution in [-0.2, 0) is 9.59 Å². The van der Waals surface area contributed by atoms with Crippen LogP contribution in [0.2, 0.25) is 0 Å². The zero-order valence-electron chi connectivity index (χ0n) is 11.4. The first kappa shape index (κ1) is 13.6. The van der Waals surface area contributed by atoms with Crippen molar-refractivity contribution in [2.45, 2.75) is 32.7 Å². The van der Waals surface area contributed by atoms with E-state index in [-0.39, 0.29) is 30.3 Å². The van der Waals surface area contributed by atoms with Crippen molar-refractivity contribution in [2.75, 3.05) is 6.54 Å². The number of aryl methyl sites for hydroxylation is 1. The van der Waals surface area contributed by atoms with Crippen molar-refractivity contribution in [1.82, 2.24) is 10.6 Å². The van der Waals surface area contributed by atoms with Crippen molar-refractivity contribution in [3.63, 3.8) is 0 Å². The van der Waals surface area contributed by atoms with Crippen molar-refractivity contribution < 1.29 is 9.59 Å². The predicted octanol–water partition coefficient (Wildman–Crippen LogP) is 1.70. The number of carbonyl (C=O) groups is 2. The Morgan fingerprint density at radius 2 is 2.00 bits per heavy atom. The van der Waals surface area contributed by atoms with E-state index >= 15 is 0 Å². The van der Waals surface area contributed by atoms with Gasteiger partial charge in [0.1, 0.15) is 0 Å². The maximum absolute atomic E-state index is 11.8. The van der Waals surface area contributed by atoms with Crippen LogP contribution >= 0.6 is 0 Å². The molecule has 0 spiro atoms. The third kappa shape index (κ3) is 3.81. The summed E-state index contributed by atoms with van der Waals surface area (Å²) >= 11 is 0. The molecule has 1 aliphatic carbocycles. The van der Waals surface area contributed by atoms with Crippen molar-refractivity contribution in [3.05, 3.63) is 35.4 Å². The number of nitrogens with one attached hydrogen (secondary N) is 2. The molecule has 0 unspecified atom stereocenters. The Hall–Kier alpha value is -1.84. The summed E-state index contributed by atoms with van der Waals surface area (Å²) in [7, 11) is 0. The lowest BCUT2D eigenvalue weighted by molar-refractivity contribution is -0.127. The molecule has 4 nitrogen and oxygen atoms in total. The monoisotopic (exact) mass is 260 g/mol. The molecule has 0 aliphatic heterocycles. The molecule has 0 heterocycles. The van der Waals surface area contributed by atoms with E-state index in [4.69, 9.17) is 0 Å². The smallest absolute Gasteiger partial charge is 0.239 e. The van der Waals surface area contributed by atoms with Crippen LogP contribution in [-0.4, -0.2) is 18.4 Å². The van der Waals surface area contributed by atoms with E-state index in [9.17, 15) is 9.59 Å². The third-order valence-electron chi connectivity index (χ3n) is 3.40. The van der Waals surface area contributed by atoms with Crippen molar-refractivity contribution in [2.24, 2.45) is 5.92 Å². The number of hydrogen-bond acceptors (Lipinski definition) is 2. The van der Waals surface area contributed by atoms with Gasteiger partial charge in [0.25, 0.3) is 0 Å². The van der Waals surface area contributed by atoms with Crippen LogP contribution in [0.5, 0.6) is 0 Å². The van der Waals surface area contributed by atoms with Gasteiger partial charge in [0, 0.05) is 5.92 Å². The van der Waals surface area contributed by atoms with Gasteiger partial charge in [-0.1, -0.05) is 24.3 Å². The van der Waals surface area contributed by atoms with Crippen molar-refractivity contribution in [3.8, 4) is 0 Å². The van der Waals surface area contributed by atoms with Crippen molar-refractivity contribution in [1.29, 1.82) is 0 Å². The Kier molecular flexibility index (Phi) is 4.20. The molecule has 0 bridgehead atoms. The van der Waals surface area contributed by atoms with Gasteiger partial charge in [-0.15, -0.1) is 0 Å². The van der Waals surface area contributed by atoms with Crippen LogP contribution in [0.15, 0.2) is 24.3 Å². The van der Waals surface area contributed by atoms with Gasteiger partial charge >= 0.3 is 0 Å². The van der Waals surface area contributed by atoms with Gasteiger partial charge in [-0.3, -0.25) is 9.59 Å². The zero-order valence-corrected chi connectivity index (χ0v) is 11.4. The molecule has 1 aliphatic rings. The van der Waals surface area contributed by atoms with Gasteiger partial charge in [0.05, 0.1) is 12.6 Å². The average Bonchev–Trinajstić information content (AvgIpc) is 3.20. The molecule has 2 N–H and O–H groups in total. The summed E-state index contributed by atoms with van der Waals surface area (Å²) in [5.41, 5.74) is 2.25. The Balaban J connectivity index is 1.81. The Morgan fingerprint density at radius 3 is 2.63 bits per heavy atom. The van der Waals surface area contributed by atoms with E-state index in [1.165, 1.54) is 0 Å². The molecule has 2 amide bonds. The maximum atomic E-state index is 11.8. The first-order valence-corrected chi connectivity index (χ1v) is 6.70. The molecule has 0 saturated heterocycles. The fraction of sp³-hybridized carbons (Fsp3) is 0.467. The van der Waals surface area contributed by atoms with Gasteiger partial charge in [-0.2, -0.15) is 0 Å². The molecule has 1 saturated carbocycles. The number of rotatable bonds is 5. The molecule has 1 fully saturated rings. The molecule has 0 aromatic heterocycles. The molecular weight excluding hydrogens is 240 g/mol. The quantitative estimate of drug-likeness (QED) is 0.846. The zero-order chi connectivity index (χ0) is 13.8. The van der Waals surface area contributed by atoms with Gasteiger partial charge in [0.15, 0.2) is 0 Å². The third-order valence-corrected chi connectivity index (χ3v) is 3.40. The van der Waals surface area contributed by atoms with Gasteiger partial charge in [-0.25, -0.2) is 0 Å². The van der Waals surface area contributed by atoms with Gasteiger partial charge < -0.3 is 10.6 Å². The SMILES string of the molecule is Cc1ccccc1[C@@H](C)NC(=O)CNC(=O)C1CC1. The van der Waals surface area contributed by atoms with Crippen LogP contribution < -0.4 is 10.6 Å². The number of hydrogen-bond donors (Lipinski definition) is 2. The molecule has 19 heavy (non-hydrogen) atoms. The lowest BCUT2D eigenvalue weighted by Crippen LogP contribution is -2.38. The minimum Gasteiger partial charge on any atom is -0.348 e. The fourth-order valence-corrected chi connectivity index (χ4v) is 2.10. The van der Waals surface area contributed by atoms with E-state index in [0.717, 1.165) is 24.0 Å². The maximum Gasteiger partial charge on any atom is 0.239 e. The first-order chi connectivity index (χ1) is 9.08. The van der Waals surface area contributed by atoms with E-state index in [2.05, 4.69) is 10.6 Å². The normalized spacial score (nSPS) is 15.7. The Morgan fingerprint density at radius 1 is 1.32 bits per heavy atom. The van der Waals surface area contributed by atoms with Crippen molar-refractivity contribution >= 4 is 11.8 Å². The highest BCUT2D eigenvalue weighted by atomic mass is 16.2. The van der Waals surface area contributed by atoms with Crippen LogP contribution in [0.25, 0.3) is 0 Å². The molecule has 102 valence electrons. The number of benzene rings is 1. The second-order valence-electron chi connectivity index (χ2n) is 5.14. The first-order valence-electron chi connectivity index (χ1n) is 6.70. The highest BCUT2D eigenvalue weighted by Gasteiger charge is 2.29. The molecule has 2 rings (SSSR count). The van der Waals surface area contributed by atoms with E-state index in [0.29, 0.717) is 0 Å². The van der Waals surface area contributed by atoms with Gasteiger partial charge in [0.2, 0.25) is 11.8 Å². The molecule has 1 aromatic rings. The lowest BCUT2D eigenvalue weighted by atomic mass is 10.0. The van der Waals surface area contributed by atoms with E-state index in [1.807, 2.05) is 38.1 Å². The molecule has 0 radical (unpaired) electrons. The second-order valence-corrected chi connectivity index (χ2v) is 5.14. The van der Waals surface area contributed by atoms with Crippen LogP contribution in [0.3, 0.4) is 0 Å². The summed E-state index contributed by atoms with van der Waals surface area (Å²) in [5, 5.41) is 5.56. The van der Waals surface area contributed by atoms with E-state index < -0.39 is 0 Å². The molecule has 1 aromatic carbocycles. The molecule has 4 heteroatoms. The Bertz CT molecular complexity index is 481. The summed E-state index contributed by atoms with van der Waals surface area (Å²) in [6, 6.07) is 7.91. The number of amides is 2. The lowest BCUT2D eigenvalue weighted by Gasteiger charge is -2.16. The van der Waals surface area contributed by atoms with Gasteiger partial charge in [-0.05, 0) is 37.8 Å². The highest BCUT2D eigenvalue weighted by molar-refractivity contribution is 5.87. The minimum absolute atomic E-state index is 0.00121. The summed E-state index contributed by atoms with van der Waals surface area (Å²) in [5.74, 6) is -0.00922. The highest BCUT2D eigenvalue weighted by Crippen LogP contribution is 2.28. The fourth-order valence-electron chi connectivity index (χ4n) is 2.10. The van der Waals surface area contributed by atoms with Crippen LogP contribution in [0.4, 0.5) is 0 Å². The molecular formula is C15H20N2O2. The molecule has 1 atom stereocenters. The summed E-state index contributed by atoms with van der Waals surface area (Å²) in [4.78, 5) is 23.2. The number of carbonyl (C=O) groups excluding carboxylic acids is 2. The summed E-state index contributed by atoms with van der Waals surface area (Å²) in [6.45, 7) is 4.03. The van der Waals surface area contributed by atoms with Crippen LogP contribution in [0, 0.1) is 12.8 Å². The van der Waals surface area contributed by atoms with Crippen LogP contribution in [0.1, 0.15) is 36.9 Å². The topological polar surface area (TPSA) is 58.2 Å². The van der Waals surface area contributed by atoms with E-state index in [1.54, 1.807) is 0 Å². The second kappa shape index (κ2) is 5.87. The summed E-state index contributed by atoms with van der Waals surface area (Å²) < 4.78 is 0. The Labute approximate surface area is 113 Å².